The van der Waals surface area contributed by atoms with Crippen molar-refractivity contribution in [3.8, 4) is 0 Å². The molecule has 1 aromatic rings. The van der Waals surface area contributed by atoms with Crippen LogP contribution in [0.2, 0.25) is 0 Å². The van der Waals surface area contributed by atoms with Crippen molar-refractivity contribution in [3.05, 3.63) is 24.5 Å². The second-order valence-electron chi connectivity index (χ2n) is 3.12. The molecule has 62 valence electrons. The molecule has 11 heavy (non-hydrogen) atoms. The molecule has 0 spiro atoms. The molecule has 0 aliphatic rings. The van der Waals surface area contributed by atoms with E-state index >= 15 is 0 Å². The number of hydrogen-bond acceptors (Lipinski definition) is 1. The lowest BCUT2D eigenvalue weighted by Crippen LogP contribution is -2.17. The van der Waals surface area contributed by atoms with Gasteiger partial charge in [0.15, 0.2) is 0 Å². The van der Waals surface area contributed by atoms with Crippen molar-refractivity contribution in [2.75, 3.05) is 6.61 Å². The fourth-order valence-electron chi connectivity index (χ4n) is 1.22. The first-order chi connectivity index (χ1) is 5.25. The van der Waals surface area contributed by atoms with Crippen molar-refractivity contribution in [3.63, 3.8) is 0 Å². The van der Waals surface area contributed by atoms with E-state index in [2.05, 4.69) is 13.8 Å². The van der Waals surface area contributed by atoms with Crippen molar-refractivity contribution in [1.29, 1.82) is 0 Å². The van der Waals surface area contributed by atoms with E-state index in [0.717, 1.165) is 0 Å². The molecule has 0 saturated carbocycles. The summed E-state index contributed by atoms with van der Waals surface area (Å²) in [5, 5.41) is 9.05. The average molecular weight is 153 g/mol. The summed E-state index contributed by atoms with van der Waals surface area (Å²) >= 11 is 0. The first-order valence-electron chi connectivity index (χ1n) is 3.99. The molecule has 0 saturated heterocycles. The van der Waals surface area contributed by atoms with Gasteiger partial charge in [-0.05, 0) is 18.1 Å². The van der Waals surface area contributed by atoms with E-state index in [0.29, 0.717) is 5.92 Å². The zero-order valence-electron chi connectivity index (χ0n) is 7.07. The summed E-state index contributed by atoms with van der Waals surface area (Å²) in [5.74, 6) is 0.479. The molecule has 1 aromatic heterocycles. The fourth-order valence-corrected chi connectivity index (χ4v) is 1.22. The lowest BCUT2D eigenvalue weighted by molar-refractivity contribution is 0.193. The van der Waals surface area contributed by atoms with Crippen LogP contribution in [0.15, 0.2) is 24.5 Å². The Morgan fingerprint density at radius 3 is 2.18 bits per heavy atom. The second kappa shape index (κ2) is 3.58. The number of nitrogens with zero attached hydrogens (tertiary/aromatic N) is 1. The maximum Gasteiger partial charge on any atom is 0.0641 e. The van der Waals surface area contributed by atoms with Gasteiger partial charge in [-0.25, -0.2) is 0 Å². The Kier molecular flexibility index (Phi) is 2.71. The summed E-state index contributed by atoms with van der Waals surface area (Å²) in [4.78, 5) is 0. The van der Waals surface area contributed by atoms with Crippen LogP contribution in [-0.2, 0) is 0 Å². The number of aliphatic hydroxyl groups excluding tert-OH is 1. The molecule has 0 fully saturated rings. The van der Waals surface area contributed by atoms with Crippen molar-refractivity contribution >= 4 is 0 Å². The zero-order valence-corrected chi connectivity index (χ0v) is 7.07. The molecule has 0 radical (unpaired) electrons. The summed E-state index contributed by atoms with van der Waals surface area (Å²) in [6.07, 6.45) is 3.97. The molecule has 1 N–H and O–H groups in total. The Bertz CT molecular complexity index is 191. The topological polar surface area (TPSA) is 25.2 Å². The lowest BCUT2D eigenvalue weighted by Gasteiger charge is -2.19. The van der Waals surface area contributed by atoms with E-state index < -0.39 is 0 Å². The highest BCUT2D eigenvalue weighted by Gasteiger charge is 2.11. The Labute approximate surface area is 67.5 Å². The predicted molar refractivity (Wildman–Crippen MR) is 45.4 cm³/mol. The number of rotatable bonds is 3. The minimum absolute atomic E-state index is 0.215. The van der Waals surface area contributed by atoms with Crippen molar-refractivity contribution in [1.82, 2.24) is 4.57 Å². The van der Waals surface area contributed by atoms with Crippen LogP contribution in [0.5, 0.6) is 0 Å². The number of hydrogen-bond donors (Lipinski definition) is 1. The highest BCUT2D eigenvalue weighted by molar-refractivity contribution is 4.93. The largest absolute Gasteiger partial charge is 0.394 e. The van der Waals surface area contributed by atoms with E-state index in [9.17, 15) is 0 Å². The predicted octanol–water partition coefficient (Wildman–Crippen LogP) is 1.68. The summed E-state index contributed by atoms with van der Waals surface area (Å²) < 4.78 is 2.05. The Morgan fingerprint density at radius 2 is 1.82 bits per heavy atom. The van der Waals surface area contributed by atoms with Crippen LogP contribution in [0.4, 0.5) is 0 Å². The first-order valence-corrected chi connectivity index (χ1v) is 3.99. The van der Waals surface area contributed by atoms with Gasteiger partial charge < -0.3 is 9.67 Å². The van der Waals surface area contributed by atoms with Crippen LogP contribution in [0.3, 0.4) is 0 Å². The molecule has 1 heterocycles. The van der Waals surface area contributed by atoms with Gasteiger partial charge in [0.25, 0.3) is 0 Å². The van der Waals surface area contributed by atoms with E-state index in [1.165, 1.54) is 0 Å². The van der Waals surface area contributed by atoms with Crippen LogP contribution in [-0.4, -0.2) is 16.3 Å². The third kappa shape index (κ3) is 1.84. The lowest BCUT2D eigenvalue weighted by atomic mass is 10.1. The van der Waals surface area contributed by atoms with Gasteiger partial charge in [-0.15, -0.1) is 0 Å². The summed E-state index contributed by atoms with van der Waals surface area (Å²) in [6.45, 7) is 4.44. The van der Waals surface area contributed by atoms with Gasteiger partial charge in [0.05, 0.1) is 12.6 Å². The van der Waals surface area contributed by atoms with E-state index in [-0.39, 0.29) is 12.6 Å². The van der Waals surface area contributed by atoms with Crippen LogP contribution in [0.1, 0.15) is 19.9 Å². The van der Waals surface area contributed by atoms with Gasteiger partial charge in [0.2, 0.25) is 0 Å². The Balaban J connectivity index is 2.71. The van der Waals surface area contributed by atoms with Crippen molar-refractivity contribution < 1.29 is 5.11 Å². The normalized spacial score (nSPS) is 13.8. The average Bonchev–Trinajstić information content (AvgIpc) is 2.40. The van der Waals surface area contributed by atoms with Gasteiger partial charge in [0, 0.05) is 12.4 Å². The first kappa shape index (κ1) is 8.34. The van der Waals surface area contributed by atoms with E-state index in [4.69, 9.17) is 5.11 Å². The Hall–Kier alpha value is -0.760. The monoisotopic (exact) mass is 153 g/mol. The highest BCUT2D eigenvalue weighted by Crippen LogP contribution is 2.16. The molecule has 0 amide bonds. The molecule has 2 nitrogen and oxygen atoms in total. The quantitative estimate of drug-likeness (QED) is 0.702. The SMILES string of the molecule is CC(C)[C@H](CO)n1cccc1. The van der Waals surface area contributed by atoms with Crippen LogP contribution in [0, 0.1) is 5.92 Å². The highest BCUT2D eigenvalue weighted by atomic mass is 16.3. The molecule has 0 bridgehead atoms. The molecule has 0 aliphatic carbocycles. The van der Waals surface area contributed by atoms with Crippen LogP contribution in [0.25, 0.3) is 0 Å². The molecule has 0 unspecified atom stereocenters. The van der Waals surface area contributed by atoms with E-state index in [1.54, 1.807) is 0 Å². The van der Waals surface area contributed by atoms with Gasteiger partial charge in [-0.1, -0.05) is 13.8 Å². The molecular formula is C9H15NO. The molecule has 0 aliphatic heterocycles. The van der Waals surface area contributed by atoms with Gasteiger partial charge in [0.1, 0.15) is 0 Å². The van der Waals surface area contributed by atoms with Gasteiger partial charge >= 0.3 is 0 Å². The third-order valence-corrected chi connectivity index (χ3v) is 1.97. The summed E-state index contributed by atoms with van der Waals surface area (Å²) in [5.41, 5.74) is 0. The summed E-state index contributed by atoms with van der Waals surface area (Å²) in [7, 11) is 0. The zero-order chi connectivity index (χ0) is 8.27. The van der Waals surface area contributed by atoms with Crippen molar-refractivity contribution in [2.45, 2.75) is 19.9 Å². The van der Waals surface area contributed by atoms with Crippen molar-refractivity contribution in [2.24, 2.45) is 5.92 Å². The molecular weight excluding hydrogens is 138 g/mol. The molecule has 1 atom stereocenters. The molecule has 0 aromatic carbocycles. The van der Waals surface area contributed by atoms with Gasteiger partial charge in [-0.2, -0.15) is 0 Å². The van der Waals surface area contributed by atoms with Crippen LogP contribution >= 0.6 is 0 Å². The van der Waals surface area contributed by atoms with Gasteiger partial charge in [-0.3, -0.25) is 0 Å². The van der Waals surface area contributed by atoms with E-state index in [1.807, 2.05) is 29.1 Å². The smallest absolute Gasteiger partial charge is 0.0641 e. The third-order valence-electron chi connectivity index (χ3n) is 1.97. The number of aliphatic hydroxyl groups is 1. The Morgan fingerprint density at radius 1 is 1.27 bits per heavy atom. The maximum atomic E-state index is 9.05. The molecule has 2 heteroatoms. The standard InChI is InChI=1S/C9H15NO/c1-8(2)9(7-11)10-5-3-4-6-10/h3-6,8-9,11H,7H2,1-2H3/t9-/m0/s1. The fraction of sp³-hybridized carbons (Fsp3) is 0.556. The molecule has 1 rings (SSSR count). The number of aromatic nitrogens is 1. The minimum Gasteiger partial charge on any atom is -0.394 e. The summed E-state index contributed by atoms with van der Waals surface area (Å²) in [6, 6.07) is 4.18. The second-order valence-corrected chi connectivity index (χ2v) is 3.12. The maximum absolute atomic E-state index is 9.05. The van der Waals surface area contributed by atoms with Crippen LogP contribution < -0.4 is 0 Å². The minimum atomic E-state index is 0.215.